The number of carbonyl (C=O) groups excluding carboxylic acids is 1. The van der Waals surface area contributed by atoms with Gasteiger partial charge in [0.2, 0.25) is 0 Å². The molecule has 1 N–H and O–H groups in total. The summed E-state index contributed by atoms with van der Waals surface area (Å²) in [6.45, 7) is 2.06. The van der Waals surface area contributed by atoms with Gasteiger partial charge in [-0.05, 0) is 50.1 Å². The van der Waals surface area contributed by atoms with E-state index < -0.39 is 17.7 Å². The highest BCUT2D eigenvalue weighted by atomic mass is 35.5. The number of aliphatic carboxylic acids is 1. The molecule has 2 heterocycles. The third-order valence-electron chi connectivity index (χ3n) is 5.00. The molecule has 0 spiro atoms. The first kappa shape index (κ1) is 25.3. The summed E-state index contributed by atoms with van der Waals surface area (Å²) in [6.07, 6.45) is -2.65. The fraction of sp³-hybridized carbons (Fsp3) is 0.318. The number of carboxylic acids is 1. The zero-order valence-corrected chi connectivity index (χ0v) is 19.8. The van der Waals surface area contributed by atoms with E-state index in [2.05, 4.69) is 0 Å². The second-order valence-corrected chi connectivity index (χ2v) is 9.39. The molecule has 0 radical (unpaired) electrons. The first-order valence-corrected chi connectivity index (χ1v) is 11.5. The fourth-order valence-corrected chi connectivity index (χ4v) is 4.78. The second kappa shape index (κ2) is 10.3. The molecule has 0 atom stereocenters. The van der Waals surface area contributed by atoms with Crippen LogP contribution in [0.15, 0.2) is 39.7 Å². The third-order valence-corrected chi connectivity index (χ3v) is 6.88. The highest BCUT2D eigenvalue weighted by Crippen LogP contribution is 2.40. The number of allylic oxidation sites excluding steroid dienone is 1. The standard InChI is InChI=1S/C22H19ClF3NO4S2/c1-12(19-20(30)27(21(32)33-19)10-4-2-3-5-18(28)29)16-8-9-17(31-16)14-11-13(22(24,25)26)6-7-15(14)23/h6-9,11H,2-5,10H2,1H3,(H,28,29)/b19-12+. The zero-order chi connectivity index (χ0) is 24.3. The first-order chi connectivity index (χ1) is 15.5. The number of carbonyl (C=O) groups is 2. The number of rotatable bonds is 8. The molecule has 1 aliphatic heterocycles. The molecule has 0 unspecified atom stereocenters. The maximum atomic E-state index is 13.1. The molecule has 176 valence electrons. The Morgan fingerprint density at radius 3 is 2.61 bits per heavy atom. The Bertz CT molecular complexity index is 1130. The lowest BCUT2D eigenvalue weighted by molar-refractivity contribution is -0.138. The quantitative estimate of drug-likeness (QED) is 0.234. The van der Waals surface area contributed by atoms with Gasteiger partial charge in [-0.3, -0.25) is 14.5 Å². The number of benzene rings is 1. The van der Waals surface area contributed by atoms with E-state index in [-0.39, 0.29) is 28.7 Å². The maximum Gasteiger partial charge on any atom is 0.416 e. The van der Waals surface area contributed by atoms with Crippen molar-refractivity contribution in [1.82, 2.24) is 4.90 Å². The van der Waals surface area contributed by atoms with Crippen molar-refractivity contribution in [2.24, 2.45) is 0 Å². The summed E-state index contributed by atoms with van der Waals surface area (Å²) in [5, 5.41) is 8.80. The summed E-state index contributed by atoms with van der Waals surface area (Å²) >= 11 is 12.5. The van der Waals surface area contributed by atoms with Gasteiger partial charge in [-0.15, -0.1) is 0 Å². The lowest BCUT2D eigenvalue weighted by atomic mass is 10.1. The number of hydrogen-bond acceptors (Lipinski definition) is 5. The molecule has 2 aromatic rings. The van der Waals surface area contributed by atoms with Crippen LogP contribution >= 0.6 is 35.6 Å². The Hall–Kier alpha value is -2.30. The molecular formula is C22H19ClF3NO4S2. The summed E-state index contributed by atoms with van der Waals surface area (Å²) in [4.78, 5) is 25.3. The van der Waals surface area contributed by atoms with E-state index in [4.69, 9.17) is 33.3 Å². The van der Waals surface area contributed by atoms with Crippen LogP contribution in [0.2, 0.25) is 5.02 Å². The molecule has 3 rings (SSSR count). The van der Waals surface area contributed by atoms with Crippen molar-refractivity contribution < 1.29 is 32.3 Å². The normalized spacial score (nSPS) is 16.0. The van der Waals surface area contributed by atoms with Gasteiger partial charge in [-0.25, -0.2) is 0 Å². The first-order valence-electron chi connectivity index (χ1n) is 9.92. The summed E-state index contributed by atoms with van der Waals surface area (Å²) in [6, 6.07) is 6.05. The van der Waals surface area contributed by atoms with Gasteiger partial charge in [0.25, 0.3) is 5.91 Å². The molecular weight excluding hydrogens is 499 g/mol. The van der Waals surface area contributed by atoms with E-state index in [1.165, 1.54) is 11.0 Å². The molecule has 33 heavy (non-hydrogen) atoms. The van der Waals surface area contributed by atoms with E-state index in [0.717, 1.165) is 30.0 Å². The van der Waals surface area contributed by atoms with Crippen molar-refractivity contribution in [2.75, 3.05) is 6.54 Å². The van der Waals surface area contributed by atoms with E-state index >= 15 is 0 Å². The molecule has 1 fully saturated rings. The average Bonchev–Trinajstić information content (AvgIpc) is 3.32. The number of thioether (sulfide) groups is 1. The molecule has 1 amide bonds. The Morgan fingerprint density at radius 1 is 1.21 bits per heavy atom. The highest BCUT2D eigenvalue weighted by Gasteiger charge is 2.34. The van der Waals surface area contributed by atoms with Gasteiger partial charge in [0.15, 0.2) is 0 Å². The van der Waals surface area contributed by atoms with Crippen LogP contribution in [0.4, 0.5) is 13.2 Å². The highest BCUT2D eigenvalue weighted by molar-refractivity contribution is 8.26. The largest absolute Gasteiger partial charge is 0.481 e. The Labute approximate surface area is 202 Å². The smallest absolute Gasteiger partial charge is 0.416 e. The molecule has 1 aliphatic rings. The van der Waals surface area contributed by atoms with Crippen LogP contribution in [0.1, 0.15) is 43.9 Å². The lowest BCUT2D eigenvalue weighted by Crippen LogP contribution is -2.29. The summed E-state index contributed by atoms with van der Waals surface area (Å²) in [5.41, 5.74) is -0.240. The van der Waals surface area contributed by atoms with Gasteiger partial charge in [-0.2, -0.15) is 13.2 Å². The molecule has 1 aromatic carbocycles. The molecule has 1 saturated heterocycles. The van der Waals surface area contributed by atoms with Crippen molar-refractivity contribution in [3.63, 3.8) is 0 Å². The minimum atomic E-state index is -4.52. The van der Waals surface area contributed by atoms with Gasteiger partial charge in [-0.1, -0.05) is 42.0 Å². The van der Waals surface area contributed by atoms with Crippen molar-refractivity contribution in [3.05, 3.63) is 51.6 Å². The zero-order valence-electron chi connectivity index (χ0n) is 17.4. The number of alkyl halides is 3. The number of nitrogens with zero attached hydrogens (tertiary/aromatic N) is 1. The van der Waals surface area contributed by atoms with Crippen LogP contribution in [-0.2, 0) is 15.8 Å². The van der Waals surface area contributed by atoms with Gasteiger partial charge in [0.1, 0.15) is 15.8 Å². The predicted octanol–water partition coefficient (Wildman–Crippen LogP) is 6.86. The van der Waals surface area contributed by atoms with Crippen LogP contribution in [0.3, 0.4) is 0 Å². The van der Waals surface area contributed by atoms with Crippen molar-refractivity contribution in [2.45, 2.75) is 38.8 Å². The van der Waals surface area contributed by atoms with E-state index in [9.17, 15) is 22.8 Å². The monoisotopic (exact) mass is 517 g/mol. The van der Waals surface area contributed by atoms with Crippen LogP contribution in [0.5, 0.6) is 0 Å². The number of thiocarbonyl (C=S) groups is 1. The fourth-order valence-electron chi connectivity index (χ4n) is 3.23. The number of furan rings is 1. The van der Waals surface area contributed by atoms with Gasteiger partial charge in [0, 0.05) is 24.1 Å². The summed E-state index contributed by atoms with van der Waals surface area (Å²) in [7, 11) is 0. The average molecular weight is 518 g/mol. The van der Waals surface area contributed by atoms with E-state index in [1.54, 1.807) is 13.0 Å². The number of unbranched alkanes of at least 4 members (excludes halogenated alkanes) is 2. The van der Waals surface area contributed by atoms with Crippen LogP contribution in [0.25, 0.3) is 16.9 Å². The van der Waals surface area contributed by atoms with Crippen molar-refractivity contribution >= 4 is 57.4 Å². The molecule has 1 aromatic heterocycles. The Morgan fingerprint density at radius 2 is 1.94 bits per heavy atom. The summed E-state index contributed by atoms with van der Waals surface area (Å²) < 4.78 is 45.4. The van der Waals surface area contributed by atoms with E-state index in [1.807, 2.05) is 0 Å². The van der Waals surface area contributed by atoms with E-state index in [0.29, 0.717) is 46.4 Å². The van der Waals surface area contributed by atoms with Crippen LogP contribution < -0.4 is 0 Å². The minimum absolute atomic E-state index is 0.0775. The molecule has 5 nitrogen and oxygen atoms in total. The molecule has 0 bridgehead atoms. The number of amides is 1. The van der Waals surface area contributed by atoms with Crippen LogP contribution in [0, 0.1) is 0 Å². The predicted molar refractivity (Wildman–Crippen MR) is 125 cm³/mol. The number of halogens is 4. The molecule has 0 aliphatic carbocycles. The lowest BCUT2D eigenvalue weighted by Gasteiger charge is -2.14. The number of carboxylic acid groups (broad SMARTS) is 1. The molecule has 11 heteroatoms. The van der Waals surface area contributed by atoms with Crippen LogP contribution in [-0.4, -0.2) is 32.7 Å². The van der Waals surface area contributed by atoms with Gasteiger partial charge in [0.05, 0.1) is 15.5 Å². The second-order valence-electron chi connectivity index (χ2n) is 7.34. The maximum absolute atomic E-state index is 13.1. The minimum Gasteiger partial charge on any atom is -0.481 e. The Balaban J connectivity index is 1.77. The summed E-state index contributed by atoms with van der Waals surface area (Å²) in [5.74, 6) is -0.672. The molecule has 0 saturated carbocycles. The van der Waals surface area contributed by atoms with Gasteiger partial charge < -0.3 is 9.52 Å². The Kier molecular flexibility index (Phi) is 7.92. The van der Waals surface area contributed by atoms with Crippen molar-refractivity contribution in [1.29, 1.82) is 0 Å². The van der Waals surface area contributed by atoms with Crippen molar-refractivity contribution in [3.8, 4) is 11.3 Å². The number of hydrogen-bond donors (Lipinski definition) is 1. The third kappa shape index (κ3) is 5.99. The topological polar surface area (TPSA) is 70.8 Å². The SMILES string of the molecule is C/C(=C1\SC(=S)N(CCCCCC(=O)O)C1=O)c1ccc(-c2cc(C(F)(F)F)ccc2Cl)o1. The van der Waals surface area contributed by atoms with Gasteiger partial charge >= 0.3 is 12.1 Å².